The predicted molar refractivity (Wildman–Crippen MR) is 117 cm³/mol. The van der Waals surface area contributed by atoms with Crippen LogP contribution in [-0.2, 0) is 16.0 Å². The number of rotatable bonds is 10. The number of phenols is 1. The first-order chi connectivity index (χ1) is 14.9. The zero-order valence-electron chi connectivity index (χ0n) is 18.3. The van der Waals surface area contributed by atoms with Gasteiger partial charge < -0.3 is 19.3 Å². The molecule has 2 aromatic carbocycles. The van der Waals surface area contributed by atoms with E-state index in [-0.39, 0.29) is 29.5 Å². The second-order valence-corrected chi connectivity index (χ2v) is 7.96. The fraction of sp³-hybridized carbons (Fsp3) is 0.440. The summed E-state index contributed by atoms with van der Waals surface area (Å²) in [4.78, 5) is 23.1. The molecule has 1 heterocycles. The van der Waals surface area contributed by atoms with E-state index in [1.54, 1.807) is 12.1 Å². The minimum atomic E-state index is -0.182. The van der Waals surface area contributed by atoms with Crippen LogP contribution in [0.4, 0.5) is 0 Å². The minimum absolute atomic E-state index is 0.0189. The van der Waals surface area contributed by atoms with E-state index >= 15 is 0 Å². The standard InChI is InChI=1S/C25H30O6/c1-4-6-21-22(12-11-20(17(3)26)24(21)28)30-14-5-13-29-19-9-7-18(8-10-19)25-16(2)15-23(27)31-25/h7-12,16,25,28H,4-6,13-15H2,1-3H3/t16-,25+/m1/s1. The van der Waals surface area contributed by atoms with Crippen molar-refractivity contribution in [2.24, 2.45) is 5.92 Å². The van der Waals surface area contributed by atoms with Crippen molar-refractivity contribution in [3.05, 3.63) is 53.1 Å². The van der Waals surface area contributed by atoms with Crippen LogP contribution in [0.15, 0.2) is 36.4 Å². The Hall–Kier alpha value is -3.02. The number of carbonyl (C=O) groups is 2. The van der Waals surface area contributed by atoms with Gasteiger partial charge in [-0.2, -0.15) is 0 Å². The molecule has 0 radical (unpaired) electrons. The molecule has 1 aliphatic rings. The Labute approximate surface area is 183 Å². The molecule has 2 atom stereocenters. The van der Waals surface area contributed by atoms with Gasteiger partial charge in [0.25, 0.3) is 0 Å². The summed E-state index contributed by atoms with van der Waals surface area (Å²) in [6.07, 6.45) is 2.42. The number of cyclic esters (lactones) is 1. The molecule has 0 unspecified atom stereocenters. The van der Waals surface area contributed by atoms with E-state index in [0.29, 0.717) is 49.4 Å². The van der Waals surface area contributed by atoms with Crippen LogP contribution >= 0.6 is 0 Å². The third-order valence-electron chi connectivity index (χ3n) is 5.41. The van der Waals surface area contributed by atoms with Gasteiger partial charge in [-0.05, 0) is 43.2 Å². The number of benzene rings is 2. The van der Waals surface area contributed by atoms with E-state index < -0.39 is 0 Å². The Morgan fingerprint density at radius 3 is 2.45 bits per heavy atom. The summed E-state index contributed by atoms with van der Waals surface area (Å²) in [7, 11) is 0. The van der Waals surface area contributed by atoms with Gasteiger partial charge in [0.05, 0.1) is 25.2 Å². The molecule has 1 saturated heterocycles. The average Bonchev–Trinajstić information content (AvgIpc) is 3.08. The molecule has 0 saturated carbocycles. The molecule has 166 valence electrons. The lowest BCUT2D eigenvalue weighted by Crippen LogP contribution is -2.07. The SMILES string of the molecule is CCCc1c(OCCCOc2ccc([C@H]3OC(=O)C[C@H]3C)cc2)ccc(C(C)=O)c1O. The van der Waals surface area contributed by atoms with Crippen LogP contribution in [0.2, 0.25) is 0 Å². The van der Waals surface area contributed by atoms with Crippen molar-refractivity contribution in [2.75, 3.05) is 13.2 Å². The van der Waals surface area contributed by atoms with Crippen molar-refractivity contribution < 1.29 is 28.9 Å². The lowest BCUT2D eigenvalue weighted by molar-refractivity contribution is -0.141. The summed E-state index contributed by atoms with van der Waals surface area (Å²) in [5, 5.41) is 10.4. The van der Waals surface area contributed by atoms with E-state index in [1.807, 2.05) is 38.1 Å². The summed E-state index contributed by atoms with van der Waals surface area (Å²) >= 11 is 0. The maximum Gasteiger partial charge on any atom is 0.306 e. The molecule has 1 N–H and O–H groups in total. The lowest BCUT2D eigenvalue weighted by atomic mass is 9.97. The quantitative estimate of drug-likeness (QED) is 0.326. The number of ether oxygens (including phenoxy) is 3. The highest BCUT2D eigenvalue weighted by Crippen LogP contribution is 2.35. The number of esters is 1. The molecule has 0 amide bonds. The molecule has 0 aromatic heterocycles. The third-order valence-corrected chi connectivity index (χ3v) is 5.41. The number of hydrogen-bond donors (Lipinski definition) is 1. The Morgan fingerprint density at radius 2 is 1.84 bits per heavy atom. The minimum Gasteiger partial charge on any atom is -0.507 e. The van der Waals surface area contributed by atoms with Crippen molar-refractivity contribution >= 4 is 11.8 Å². The van der Waals surface area contributed by atoms with E-state index in [0.717, 1.165) is 17.7 Å². The van der Waals surface area contributed by atoms with Crippen LogP contribution in [0.1, 0.15) is 67.6 Å². The largest absolute Gasteiger partial charge is 0.507 e. The topological polar surface area (TPSA) is 82.1 Å². The van der Waals surface area contributed by atoms with Crippen LogP contribution in [0.5, 0.6) is 17.2 Å². The van der Waals surface area contributed by atoms with Crippen LogP contribution in [0, 0.1) is 5.92 Å². The molecule has 0 spiro atoms. The first-order valence-corrected chi connectivity index (χ1v) is 10.8. The van der Waals surface area contributed by atoms with Crippen LogP contribution in [0.3, 0.4) is 0 Å². The van der Waals surface area contributed by atoms with Gasteiger partial charge in [0.2, 0.25) is 0 Å². The van der Waals surface area contributed by atoms with Gasteiger partial charge in [0.1, 0.15) is 23.4 Å². The number of ketones is 1. The number of carbonyl (C=O) groups excluding carboxylic acids is 2. The molecule has 3 rings (SSSR count). The monoisotopic (exact) mass is 426 g/mol. The number of Topliss-reactive ketones (excluding diaryl/α,β-unsaturated/α-hetero) is 1. The first kappa shape index (κ1) is 22.7. The highest BCUT2D eigenvalue weighted by Gasteiger charge is 2.32. The maximum atomic E-state index is 11.7. The van der Waals surface area contributed by atoms with E-state index in [2.05, 4.69) is 0 Å². The molecule has 6 nitrogen and oxygen atoms in total. The van der Waals surface area contributed by atoms with Crippen molar-refractivity contribution in [1.82, 2.24) is 0 Å². The Morgan fingerprint density at radius 1 is 1.13 bits per heavy atom. The average molecular weight is 427 g/mol. The summed E-state index contributed by atoms with van der Waals surface area (Å²) in [5.74, 6) is 1.23. The fourth-order valence-corrected chi connectivity index (χ4v) is 3.79. The predicted octanol–water partition coefficient (Wildman–Crippen LogP) is 5.02. The van der Waals surface area contributed by atoms with Crippen molar-refractivity contribution in [3.8, 4) is 17.2 Å². The highest BCUT2D eigenvalue weighted by atomic mass is 16.6. The molecule has 1 fully saturated rings. The molecule has 31 heavy (non-hydrogen) atoms. The summed E-state index contributed by atoms with van der Waals surface area (Å²) < 4.78 is 17.0. The number of hydrogen-bond acceptors (Lipinski definition) is 6. The highest BCUT2D eigenvalue weighted by molar-refractivity contribution is 5.97. The molecular weight excluding hydrogens is 396 g/mol. The van der Waals surface area contributed by atoms with Gasteiger partial charge in [-0.3, -0.25) is 9.59 Å². The molecule has 1 aliphatic heterocycles. The van der Waals surface area contributed by atoms with E-state index in [9.17, 15) is 14.7 Å². The van der Waals surface area contributed by atoms with E-state index in [4.69, 9.17) is 14.2 Å². The molecule has 0 aliphatic carbocycles. The maximum absolute atomic E-state index is 11.7. The molecular formula is C25H30O6. The van der Waals surface area contributed by atoms with Gasteiger partial charge in [0.15, 0.2) is 5.78 Å². The van der Waals surface area contributed by atoms with Crippen LogP contribution in [-0.4, -0.2) is 30.1 Å². The Bertz CT molecular complexity index is 918. The van der Waals surface area contributed by atoms with Crippen LogP contribution < -0.4 is 9.47 Å². The van der Waals surface area contributed by atoms with Crippen molar-refractivity contribution in [2.45, 2.75) is 52.6 Å². The summed E-state index contributed by atoms with van der Waals surface area (Å²) in [6, 6.07) is 11.0. The van der Waals surface area contributed by atoms with Gasteiger partial charge >= 0.3 is 5.97 Å². The summed E-state index contributed by atoms with van der Waals surface area (Å²) in [5.41, 5.74) is 1.98. The van der Waals surface area contributed by atoms with Gasteiger partial charge in [-0.25, -0.2) is 0 Å². The lowest BCUT2D eigenvalue weighted by Gasteiger charge is -2.15. The van der Waals surface area contributed by atoms with Crippen LogP contribution in [0.25, 0.3) is 0 Å². The third kappa shape index (κ3) is 5.57. The fourth-order valence-electron chi connectivity index (χ4n) is 3.79. The van der Waals surface area contributed by atoms with Gasteiger partial charge in [-0.15, -0.1) is 0 Å². The zero-order chi connectivity index (χ0) is 22.4. The summed E-state index contributed by atoms with van der Waals surface area (Å²) in [6.45, 7) is 6.38. The van der Waals surface area contributed by atoms with Gasteiger partial charge in [0, 0.05) is 17.9 Å². The number of aromatic hydroxyl groups is 1. The Balaban J connectivity index is 1.49. The number of phenolic OH excluding ortho intramolecular Hbond substituents is 1. The Kier molecular flexibility index (Phi) is 7.55. The second kappa shape index (κ2) is 10.3. The molecule has 6 heteroatoms. The first-order valence-electron chi connectivity index (χ1n) is 10.8. The van der Waals surface area contributed by atoms with Gasteiger partial charge in [-0.1, -0.05) is 32.4 Å². The van der Waals surface area contributed by atoms with Crippen molar-refractivity contribution in [1.29, 1.82) is 0 Å². The normalized spacial score (nSPS) is 18.0. The molecule has 0 bridgehead atoms. The second-order valence-electron chi connectivity index (χ2n) is 7.96. The molecule has 2 aromatic rings. The smallest absolute Gasteiger partial charge is 0.306 e. The van der Waals surface area contributed by atoms with Crippen molar-refractivity contribution in [3.63, 3.8) is 0 Å². The van der Waals surface area contributed by atoms with E-state index in [1.165, 1.54) is 6.92 Å². The zero-order valence-corrected chi connectivity index (χ0v) is 18.3.